The molecule has 0 bridgehead atoms. The zero-order valence-electron chi connectivity index (χ0n) is 15.1. The van der Waals surface area contributed by atoms with E-state index in [4.69, 9.17) is 9.47 Å². The van der Waals surface area contributed by atoms with Gasteiger partial charge >= 0.3 is 0 Å². The molecule has 5 nitrogen and oxygen atoms in total. The molecular formula is C20H23N3O2S. The highest BCUT2D eigenvalue weighted by atomic mass is 32.1. The van der Waals surface area contributed by atoms with Gasteiger partial charge in [0.1, 0.15) is 0 Å². The van der Waals surface area contributed by atoms with E-state index in [1.54, 1.807) is 24.7 Å². The number of thiazole rings is 1. The number of methoxy groups -OCH3 is 1. The van der Waals surface area contributed by atoms with E-state index in [1.165, 1.54) is 12.8 Å². The van der Waals surface area contributed by atoms with Crippen LogP contribution in [0.15, 0.2) is 47.6 Å². The van der Waals surface area contributed by atoms with Crippen LogP contribution >= 0.6 is 11.3 Å². The number of hydrazone groups is 1. The summed E-state index contributed by atoms with van der Waals surface area (Å²) in [6.45, 7) is 2.88. The van der Waals surface area contributed by atoms with Crippen molar-refractivity contribution < 1.29 is 9.47 Å². The summed E-state index contributed by atoms with van der Waals surface area (Å²) in [5.74, 6) is 1.48. The van der Waals surface area contributed by atoms with Crippen LogP contribution in [0.3, 0.4) is 0 Å². The molecule has 0 unspecified atom stereocenters. The van der Waals surface area contributed by atoms with Crippen LogP contribution in [0.4, 0.5) is 5.13 Å². The first-order chi connectivity index (χ1) is 12.8. The van der Waals surface area contributed by atoms with Gasteiger partial charge in [-0.3, -0.25) is 5.43 Å². The molecule has 1 aromatic heterocycles. The zero-order valence-corrected chi connectivity index (χ0v) is 15.9. The Balaban J connectivity index is 1.62. The molecule has 0 saturated carbocycles. The summed E-state index contributed by atoms with van der Waals surface area (Å²) in [7, 11) is 1.65. The van der Waals surface area contributed by atoms with Gasteiger partial charge in [0.15, 0.2) is 11.5 Å². The van der Waals surface area contributed by atoms with E-state index in [0.717, 1.165) is 33.1 Å². The average Bonchev–Trinajstić information content (AvgIpc) is 3.08. The number of nitrogens with one attached hydrogen (secondary N) is 1. The summed E-state index contributed by atoms with van der Waals surface area (Å²) in [5.41, 5.74) is 4.89. The van der Waals surface area contributed by atoms with Gasteiger partial charge in [-0.1, -0.05) is 43.2 Å². The predicted octanol–water partition coefficient (Wildman–Crippen LogP) is 5.32. The van der Waals surface area contributed by atoms with Gasteiger partial charge in [0.05, 0.1) is 30.1 Å². The lowest BCUT2D eigenvalue weighted by molar-refractivity contribution is 0.286. The van der Waals surface area contributed by atoms with Crippen molar-refractivity contribution in [1.29, 1.82) is 0 Å². The van der Waals surface area contributed by atoms with Gasteiger partial charge in [-0.15, -0.1) is 0 Å². The van der Waals surface area contributed by atoms with Crippen molar-refractivity contribution in [1.82, 2.24) is 4.98 Å². The Morgan fingerprint density at radius 3 is 2.85 bits per heavy atom. The third kappa shape index (κ3) is 4.73. The first kappa shape index (κ1) is 18.2. The van der Waals surface area contributed by atoms with Crippen molar-refractivity contribution in [3.05, 3.63) is 48.0 Å². The van der Waals surface area contributed by atoms with Crippen molar-refractivity contribution in [3.8, 4) is 11.5 Å². The van der Waals surface area contributed by atoms with Gasteiger partial charge < -0.3 is 9.47 Å². The summed E-state index contributed by atoms with van der Waals surface area (Å²) in [6, 6.07) is 13.8. The smallest absolute Gasteiger partial charge is 0.204 e. The lowest BCUT2D eigenvalue weighted by atomic mass is 10.2. The number of unbranched alkanes of at least 4 members (excludes halogenated alkanes) is 2. The standard InChI is InChI=1S/C20H23N3O2S/c1-3-4-7-12-25-17-11-10-15(13-18(17)24-2)14-21-23-20-22-16-8-5-6-9-19(16)26-20/h5-6,8-11,13-14H,3-4,7,12H2,1-2H3,(H,22,23)/b21-14-. The molecule has 0 amide bonds. The van der Waals surface area contributed by atoms with Crippen molar-refractivity contribution in [2.45, 2.75) is 26.2 Å². The van der Waals surface area contributed by atoms with Gasteiger partial charge in [0.2, 0.25) is 5.13 Å². The van der Waals surface area contributed by atoms with Crippen LogP contribution in [0, 0.1) is 0 Å². The maximum absolute atomic E-state index is 5.80. The second-order valence-electron chi connectivity index (χ2n) is 5.82. The molecule has 0 fully saturated rings. The van der Waals surface area contributed by atoms with Crippen LogP contribution in [0.25, 0.3) is 10.2 Å². The highest BCUT2D eigenvalue weighted by Gasteiger charge is 2.05. The lowest BCUT2D eigenvalue weighted by Crippen LogP contribution is -2.00. The largest absolute Gasteiger partial charge is 0.493 e. The van der Waals surface area contributed by atoms with Crippen molar-refractivity contribution >= 4 is 32.9 Å². The quantitative estimate of drug-likeness (QED) is 0.315. The fourth-order valence-corrected chi connectivity index (χ4v) is 3.32. The Morgan fingerprint density at radius 2 is 2.04 bits per heavy atom. The van der Waals surface area contributed by atoms with Crippen molar-refractivity contribution in [3.63, 3.8) is 0 Å². The Labute approximate surface area is 157 Å². The number of hydrogen-bond acceptors (Lipinski definition) is 6. The number of ether oxygens (including phenoxy) is 2. The predicted molar refractivity (Wildman–Crippen MR) is 109 cm³/mol. The fourth-order valence-electron chi connectivity index (χ4n) is 2.50. The van der Waals surface area contributed by atoms with E-state index in [0.29, 0.717) is 12.4 Å². The van der Waals surface area contributed by atoms with Crippen molar-refractivity contribution in [2.75, 3.05) is 19.1 Å². The summed E-state index contributed by atoms with van der Waals surface area (Å²) in [4.78, 5) is 4.49. The lowest BCUT2D eigenvalue weighted by Gasteiger charge is -2.11. The average molecular weight is 369 g/mol. The van der Waals surface area contributed by atoms with Gasteiger partial charge in [0.25, 0.3) is 0 Å². The Kier molecular flexibility index (Phi) is 6.44. The summed E-state index contributed by atoms with van der Waals surface area (Å²) >= 11 is 1.57. The summed E-state index contributed by atoms with van der Waals surface area (Å²) in [5, 5.41) is 5.04. The number of rotatable bonds is 9. The second-order valence-corrected chi connectivity index (χ2v) is 6.85. The second kappa shape index (κ2) is 9.20. The topological polar surface area (TPSA) is 55.7 Å². The minimum atomic E-state index is 0.705. The van der Waals surface area contributed by atoms with E-state index in [1.807, 2.05) is 42.5 Å². The van der Waals surface area contributed by atoms with Gasteiger partial charge in [-0.05, 0) is 42.3 Å². The highest BCUT2D eigenvalue weighted by molar-refractivity contribution is 7.22. The molecule has 0 saturated heterocycles. The number of fused-ring (bicyclic) bond motifs is 1. The van der Waals surface area contributed by atoms with Crippen LogP contribution < -0.4 is 14.9 Å². The Bertz CT molecular complexity index is 843. The molecule has 3 aromatic rings. The number of benzene rings is 2. The van der Waals surface area contributed by atoms with Gasteiger partial charge in [-0.25, -0.2) is 4.98 Å². The van der Waals surface area contributed by atoms with Crippen LogP contribution in [-0.4, -0.2) is 24.9 Å². The van der Waals surface area contributed by atoms with E-state index < -0.39 is 0 Å². The maximum atomic E-state index is 5.80. The third-order valence-corrected chi connectivity index (χ3v) is 4.80. The SMILES string of the molecule is CCCCCOc1ccc(/C=N\Nc2nc3ccccc3s2)cc1OC. The van der Waals surface area contributed by atoms with Crippen LogP contribution in [0.5, 0.6) is 11.5 Å². The van der Waals surface area contributed by atoms with E-state index in [-0.39, 0.29) is 0 Å². The Hall–Kier alpha value is -2.60. The molecule has 0 radical (unpaired) electrons. The molecular weight excluding hydrogens is 346 g/mol. The zero-order chi connectivity index (χ0) is 18.2. The molecule has 136 valence electrons. The molecule has 0 spiro atoms. The number of para-hydroxylation sites is 1. The highest BCUT2D eigenvalue weighted by Crippen LogP contribution is 2.28. The number of aromatic nitrogens is 1. The maximum Gasteiger partial charge on any atom is 0.204 e. The molecule has 0 aliphatic rings. The third-order valence-electron chi connectivity index (χ3n) is 3.86. The normalized spacial score (nSPS) is 11.2. The summed E-state index contributed by atoms with van der Waals surface area (Å²) < 4.78 is 12.4. The minimum Gasteiger partial charge on any atom is -0.493 e. The van der Waals surface area contributed by atoms with Gasteiger partial charge in [0, 0.05) is 0 Å². The number of nitrogens with zero attached hydrogens (tertiary/aromatic N) is 2. The Morgan fingerprint density at radius 1 is 1.15 bits per heavy atom. The summed E-state index contributed by atoms with van der Waals surface area (Å²) in [6.07, 6.45) is 5.15. The van der Waals surface area contributed by atoms with Crippen molar-refractivity contribution in [2.24, 2.45) is 5.10 Å². The van der Waals surface area contributed by atoms with Crippen LogP contribution in [0.2, 0.25) is 0 Å². The number of anilines is 1. The molecule has 0 aliphatic heterocycles. The fraction of sp³-hybridized carbons (Fsp3) is 0.300. The minimum absolute atomic E-state index is 0.705. The molecule has 1 N–H and O–H groups in total. The number of hydrogen-bond donors (Lipinski definition) is 1. The molecule has 0 aliphatic carbocycles. The van der Waals surface area contributed by atoms with Gasteiger partial charge in [-0.2, -0.15) is 5.10 Å². The molecule has 2 aromatic carbocycles. The molecule has 0 atom stereocenters. The molecule has 26 heavy (non-hydrogen) atoms. The molecule has 3 rings (SSSR count). The van der Waals surface area contributed by atoms with E-state index in [9.17, 15) is 0 Å². The van der Waals surface area contributed by atoms with Crippen LogP contribution in [0.1, 0.15) is 31.7 Å². The van der Waals surface area contributed by atoms with E-state index in [2.05, 4.69) is 22.4 Å². The first-order valence-corrected chi connectivity index (χ1v) is 9.57. The molecule has 6 heteroatoms. The van der Waals surface area contributed by atoms with Crippen LogP contribution in [-0.2, 0) is 0 Å². The first-order valence-electron chi connectivity index (χ1n) is 8.75. The van der Waals surface area contributed by atoms with E-state index >= 15 is 0 Å². The molecule has 1 heterocycles. The monoisotopic (exact) mass is 369 g/mol.